The zero-order valence-electron chi connectivity index (χ0n) is 19.1. The Kier molecular flexibility index (Phi) is 5.75. The Morgan fingerprint density at radius 2 is 1.94 bits per heavy atom. The van der Waals surface area contributed by atoms with Crippen molar-refractivity contribution in [2.24, 2.45) is 11.7 Å². The highest BCUT2D eigenvalue weighted by Gasteiger charge is 2.60. The van der Waals surface area contributed by atoms with Crippen molar-refractivity contribution in [2.45, 2.75) is 38.3 Å². The Balaban J connectivity index is 1.77. The number of primary amides is 1. The van der Waals surface area contributed by atoms with Gasteiger partial charge in [0.2, 0.25) is 17.7 Å². The van der Waals surface area contributed by atoms with Crippen molar-refractivity contribution >= 4 is 29.1 Å². The van der Waals surface area contributed by atoms with Crippen LogP contribution in [0.5, 0.6) is 11.5 Å². The molecule has 0 aromatic heterocycles. The van der Waals surface area contributed by atoms with Gasteiger partial charge in [0.1, 0.15) is 17.0 Å². The largest absolute Gasteiger partial charge is 0.497 e. The molecule has 2 aromatic carbocycles. The summed E-state index contributed by atoms with van der Waals surface area (Å²) in [5, 5.41) is 9.15. The van der Waals surface area contributed by atoms with Crippen LogP contribution in [0.4, 0.5) is 11.4 Å². The van der Waals surface area contributed by atoms with Crippen LogP contribution in [-0.4, -0.2) is 38.0 Å². The second-order valence-electron chi connectivity index (χ2n) is 8.62. The van der Waals surface area contributed by atoms with Crippen molar-refractivity contribution in [3.63, 3.8) is 0 Å². The van der Waals surface area contributed by atoms with E-state index in [1.165, 1.54) is 14.2 Å². The van der Waals surface area contributed by atoms with Gasteiger partial charge in [-0.2, -0.15) is 0 Å². The lowest BCUT2D eigenvalue weighted by Crippen LogP contribution is -2.52. The highest BCUT2D eigenvalue weighted by Crippen LogP contribution is 2.49. The number of nitrogens with two attached hydrogens (primary N) is 1. The topological polar surface area (TPSA) is 132 Å². The third kappa shape index (κ3) is 3.78. The Morgan fingerprint density at radius 1 is 1.18 bits per heavy atom. The molecule has 1 spiro atoms. The normalized spacial score (nSPS) is 23.2. The third-order valence-corrected chi connectivity index (χ3v) is 6.40. The van der Waals surface area contributed by atoms with Gasteiger partial charge in [0.05, 0.1) is 25.8 Å². The summed E-state index contributed by atoms with van der Waals surface area (Å²) < 4.78 is 10.7. The highest BCUT2D eigenvalue weighted by molar-refractivity contribution is 6.11. The summed E-state index contributed by atoms with van der Waals surface area (Å²) in [4.78, 5) is 38.7. The van der Waals surface area contributed by atoms with E-state index in [9.17, 15) is 14.4 Å². The molecule has 9 heteroatoms. The van der Waals surface area contributed by atoms with Gasteiger partial charge in [0.15, 0.2) is 0 Å². The molecule has 3 amide bonds. The van der Waals surface area contributed by atoms with Gasteiger partial charge in [0, 0.05) is 29.8 Å². The number of carbonyl (C=O) groups is 3. The summed E-state index contributed by atoms with van der Waals surface area (Å²) >= 11 is 0. The van der Waals surface area contributed by atoms with E-state index in [1.54, 1.807) is 18.2 Å². The molecule has 2 aliphatic rings. The van der Waals surface area contributed by atoms with Crippen LogP contribution in [0, 0.1) is 19.8 Å². The highest BCUT2D eigenvalue weighted by atomic mass is 16.5. The monoisotopic (exact) mass is 452 g/mol. The lowest BCUT2D eigenvalue weighted by atomic mass is 9.78. The second-order valence-corrected chi connectivity index (χ2v) is 8.62. The van der Waals surface area contributed by atoms with E-state index in [0.29, 0.717) is 28.4 Å². The number of methoxy groups -OCH3 is 2. The maximum absolute atomic E-state index is 13.7. The second kappa shape index (κ2) is 8.40. The number of benzene rings is 2. The van der Waals surface area contributed by atoms with E-state index in [2.05, 4.69) is 16.0 Å². The van der Waals surface area contributed by atoms with Crippen LogP contribution >= 0.6 is 0 Å². The zero-order valence-corrected chi connectivity index (χ0v) is 19.1. The van der Waals surface area contributed by atoms with Gasteiger partial charge in [-0.3, -0.25) is 19.7 Å². The first-order chi connectivity index (χ1) is 15.7. The summed E-state index contributed by atoms with van der Waals surface area (Å²) in [7, 11) is 3.04. The van der Waals surface area contributed by atoms with Crippen molar-refractivity contribution in [1.29, 1.82) is 0 Å². The molecular weight excluding hydrogens is 424 g/mol. The van der Waals surface area contributed by atoms with E-state index in [1.807, 2.05) is 26.0 Å². The third-order valence-electron chi connectivity index (χ3n) is 6.40. The molecular formula is C24H28N4O5. The van der Waals surface area contributed by atoms with Crippen molar-refractivity contribution < 1.29 is 23.9 Å². The van der Waals surface area contributed by atoms with E-state index in [-0.39, 0.29) is 24.7 Å². The van der Waals surface area contributed by atoms with Crippen molar-refractivity contribution in [1.82, 2.24) is 5.32 Å². The smallest absolute Gasteiger partial charge is 0.250 e. The fourth-order valence-electron chi connectivity index (χ4n) is 5.02. The summed E-state index contributed by atoms with van der Waals surface area (Å²) in [6, 6.07) is 8.53. The number of amides is 3. The van der Waals surface area contributed by atoms with Crippen LogP contribution in [0.25, 0.3) is 0 Å². The van der Waals surface area contributed by atoms with Gasteiger partial charge in [-0.25, -0.2) is 0 Å². The summed E-state index contributed by atoms with van der Waals surface area (Å²) in [6.45, 7) is 3.85. The van der Waals surface area contributed by atoms with E-state index >= 15 is 0 Å². The van der Waals surface area contributed by atoms with Crippen LogP contribution in [0.3, 0.4) is 0 Å². The maximum Gasteiger partial charge on any atom is 0.250 e. The Morgan fingerprint density at radius 3 is 2.61 bits per heavy atom. The summed E-state index contributed by atoms with van der Waals surface area (Å²) in [5.41, 5.74) is 7.82. The molecule has 2 heterocycles. The van der Waals surface area contributed by atoms with Crippen LogP contribution < -0.4 is 31.2 Å². The lowest BCUT2D eigenvalue weighted by Gasteiger charge is -2.29. The minimum atomic E-state index is -1.32. The van der Waals surface area contributed by atoms with Gasteiger partial charge in [-0.1, -0.05) is 17.7 Å². The average Bonchev–Trinajstić information content (AvgIpc) is 3.27. The van der Waals surface area contributed by atoms with Gasteiger partial charge in [-0.05, 0) is 38.0 Å². The number of rotatable bonds is 6. The van der Waals surface area contributed by atoms with E-state index in [4.69, 9.17) is 15.2 Å². The van der Waals surface area contributed by atoms with Crippen molar-refractivity contribution in [2.75, 3.05) is 24.9 Å². The standard InChI is InChI=1S/C24H28N4O5/c1-12-7-13(2)21-16(8-12)24(23(31)27-21)17(9-14(28-24)10-20(25)29)22(30)26-18-11-15(32-3)5-6-19(18)33-4/h5-8,11,14,17,28H,9-10H2,1-4H3,(H2,25,29)(H,26,30)(H,27,31)/t14-,17-,24+/m0/s1. The number of aryl methyl sites for hydroxylation is 2. The molecule has 2 aromatic rings. The summed E-state index contributed by atoms with van der Waals surface area (Å²) in [6.07, 6.45) is 0.280. The number of nitrogens with one attached hydrogen (secondary N) is 3. The Bertz CT molecular complexity index is 1150. The van der Waals surface area contributed by atoms with Crippen LogP contribution in [0.2, 0.25) is 0 Å². The van der Waals surface area contributed by atoms with E-state index in [0.717, 1.165) is 11.1 Å². The van der Waals surface area contributed by atoms with Gasteiger partial charge >= 0.3 is 0 Å². The molecule has 3 atom stereocenters. The first-order valence-corrected chi connectivity index (χ1v) is 10.7. The van der Waals surface area contributed by atoms with Crippen molar-refractivity contribution in [3.8, 4) is 11.5 Å². The minimum Gasteiger partial charge on any atom is -0.497 e. The summed E-state index contributed by atoms with van der Waals surface area (Å²) in [5.74, 6) is -0.982. The fraction of sp³-hybridized carbons (Fsp3) is 0.375. The molecule has 2 aliphatic heterocycles. The molecule has 0 bridgehead atoms. The lowest BCUT2D eigenvalue weighted by molar-refractivity contribution is -0.130. The first kappa shape index (κ1) is 22.6. The molecule has 0 saturated carbocycles. The predicted molar refractivity (Wildman–Crippen MR) is 123 cm³/mol. The number of fused-ring (bicyclic) bond motifs is 2. The Labute approximate surface area is 192 Å². The molecule has 174 valence electrons. The average molecular weight is 453 g/mol. The Hall–Kier alpha value is -3.59. The first-order valence-electron chi connectivity index (χ1n) is 10.7. The molecule has 4 rings (SSSR count). The SMILES string of the molecule is COc1ccc(OC)c(NC(=O)[C@@H]2C[C@@H](CC(N)=O)N[C@@]23C(=O)Nc2c(C)cc(C)cc23)c1. The maximum atomic E-state index is 13.7. The van der Waals surface area contributed by atoms with Crippen LogP contribution in [0.1, 0.15) is 29.5 Å². The number of ether oxygens (including phenoxy) is 2. The van der Waals surface area contributed by atoms with Crippen LogP contribution in [0.15, 0.2) is 30.3 Å². The minimum absolute atomic E-state index is 0.0153. The number of carbonyl (C=O) groups excluding carboxylic acids is 3. The van der Waals surface area contributed by atoms with Gasteiger partial charge < -0.3 is 25.8 Å². The molecule has 0 radical (unpaired) electrons. The molecule has 5 N–H and O–H groups in total. The van der Waals surface area contributed by atoms with Crippen LogP contribution in [-0.2, 0) is 19.9 Å². The number of hydrogen-bond acceptors (Lipinski definition) is 6. The number of anilines is 2. The fourth-order valence-corrected chi connectivity index (χ4v) is 5.02. The number of hydrogen-bond donors (Lipinski definition) is 4. The predicted octanol–water partition coefficient (Wildman–Crippen LogP) is 1.96. The quantitative estimate of drug-likeness (QED) is 0.530. The molecule has 1 saturated heterocycles. The zero-order chi connectivity index (χ0) is 23.9. The van der Waals surface area contributed by atoms with Gasteiger partial charge in [0.25, 0.3) is 0 Å². The molecule has 0 unspecified atom stereocenters. The van der Waals surface area contributed by atoms with Gasteiger partial charge in [-0.15, -0.1) is 0 Å². The molecule has 33 heavy (non-hydrogen) atoms. The van der Waals surface area contributed by atoms with Crippen molar-refractivity contribution in [3.05, 3.63) is 47.0 Å². The molecule has 0 aliphatic carbocycles. The molecule has 9 nitrogen and oxygen atoms in total. The molecule has 1 fully saturated rings. The van der Waals surface area contributed by atoms with E-state index < -0.39 is 23.4 Å².